The van der Waals surface area contributed by atoms with E-state index in [1.54, 1.807) is 13.2 Å². The van der Waals surface area contributed by atoms with Crippen LogP contribution in [0.1, 0.15) is 11.1 Å². The molecule has 0 fully saturated rings. The van der Waals surface area contributed by atoms with Crippen LogP contribution in [0.5, 0.6) is 5.75 Å². The van der Waals surface area contributed by atoms with Gasteiger partial charge in [-0.05, 0) is 18.6 Å². The largest absolute Gasteiger partial charge is 0.496 e. The highest BCUT2D eigenvalue weighted by Crippen LogP contribution is 2.20. The Morgan fingerprint density at radius 1 is 1.54 bits per heavy atom. The molecule has 1 rings (SSSR count). The summed E-state index contributed by atoms with van der Waals surface area (Å²) in [6.45, 7) is 1.94. The lowest BCUT2D eigenvalue weighted by Gasteiger charge is -2.06. The van der Waals surface area contributed by atoms with Crippen LogP contribution in [0, 0.1) is 6.92 Å². The molecular formula is C10H12O3. The van der Waals surface area contributed by atoms with Crippen LogP contribution in [-0.2, 0) is 11.2 Å². The standard InChI is InChI=1S/C10H12O3/c1-7-3-4-8(6-10(11)12)9(5-7)13-2/h3-5H,6H2,1-2H3,(H,11,12). The van der Waals surface area contributed by atoms with E-state index in [0.717, 1.165) is 5.56 Å². The van der Waals surface area contributed by atoms with E-state index in [9.17, 15) is 4.79 Å². The Morgan fingerprint density at radius 2 is 2.23 bits per heavy atom. The third kappa shape index (κ3) is 2.47. The first kappa shape index (κ1) is 9.58. The van der Waals surface area contributed by atoms with Crippen molar-refractivity contribution in [3.05, 3.63) is 29.3 Å². The van der Waals surface area contributed by atoms with Crippen molar-refractivity contribution in [3.8, 4) is 5.75 Å². The zero-order chi connectivity index (χ0) is 9.84. The minimum atomic E-state index is -0.845. The summed E-state index contributed by atoms with van der Waals surface area (Å²) in [5.74, 6) is -0.204. The fourth-order valence-corrected chi connectivity index (χ4v) is 1.16. The molecule has 0 unspecified atom stereocenters. The number of carboxylic acid groups (broad SMARTS) is 1. The maximum Gasteiger partial charge on any atom is 0.307 e. The third-order valence-corrected chi connectivity index (χ3v) is 1.78. The zero-order valence-electron chi connectivity index (χ0n) is 7.70. The van der Waals surface area contributed by atoms with Gasteiger partial charge in [-0.15, -0.1) is 0 Å². The van der Waals surface area contributed by atoms with E-state index >= 15 is 0 Å². The first-order chi connectivity index (χ1) is 6.13. The van der Waals surface area contributed by atoms with Crippen LogP contribution in [-0.4, -0.2) is 18.2 Å². The van der Waals surface area contributed by atoms with Gasteiger partial charge in [0.2, 0.25) is 0 Å². The Hall–Kier alpha value is -1.51. The number of rotatable bonds is 3. The summed E-state index contributed by atoms with van der Waals surface area (Å²) in [7, 11) is 1.54. The Labute approximate surface area is 77.0 Å². The SMILES string of the molecule is COc1cc(C)ccc1CC(=O)O. The molecule has 1 N–H and O–H groups in total. The first-order valence-corrected chi connectivity index (χ1v) is 3.99. The highest BCUT2D eigenvalue weighted by Gasteiger charge is 2.06. The number of aryl methyl sites for hydroxylation is 1. The molecule has 1 aromatic rings. The second-order valence-corrected chi connectivity index (χ2v) is 2.89. The van der Waals surface area contributed by atoms with Crippen LogP contribution < -0.4 is 4.74 Å². The molecule has 0 saturated heterocycles. The van der Waals surface area contributed by atoms with Gasteiger partial charge in [0.05, 0.1) is 13.5 Å². The highest BCUT2D eigenvalue weighted by atomic mass is 16.5. The van der Waals surface area contributed by atoms with Crippen molar-refractivity contribution >= 4 is 5.97 Å². The Morgan fingerprint density at radius 3 is 2.77 bits per heavy atom. The number of carboxylic acids is 1. The average Bonchev–Trinajstić information content (AvgIpc) is 2.07. The van der Waals surface area contributed by atoms with Crippen LogP contribution in [0.4, 0.5) is 0 Å². The van der Waals surface area contributed by atoms with Crippen LogP contribution in [0.25, 0.3) is 0 Å². The maximum atomic E-state index is 10.5. The summed E-state index contributed by atoms with van der Waals surface area (Å²) in [4.78, 5) is 10.5. The van der Waals surface area contributed by atoms with Crippen molar-refractivity contribution in [2.24, 2.45) is 0 Å². The maximum absolute atomic E-state index is 10.5. The van der Waals surface area contributed by atoms with Gasteiger partial charge >= 0.3 is 5.97 Å². The minimum absolute atomic E-state index is 0.00343. The second-order valence-electron chi connectivity index (χ2n) is 2.89. The summed E-state index contributed by atoms with van der Waals surface area (Å²) in [6.07, 6.45) is 0.00343. The van der Waals surface area contributed by atoms with Crippen molar-refractivity contribution in [1.29, 1.82) is 0 Å². The van der Waals surface area contributed by atoms with E-state index in [2.05, 4.69) is 0 Å². The lowest BCUT2D eigenvalue weighted by atomic mass is 10.1. The van der Waals surface area contributed by atoms with E-state index in [0.29, 0.717) is 11.3 Å². The molecule has 0 atom stereocenters. The first-order valence-electron chi connectivity index (χ1n) is 3.99. The summed E-state index contributed by atoms with van der Waals surface area (Å²) in [5, 5.41) is 8.60. The van der Waals surface area contributed by atoms with Crippen molar-refractivity contribution in [3.63, 3.8) is 0 Å². The van der Waals surface area contributed by atoms with Gasteiger partial charge in [-0.25, -0.2) is 0 Å². The van der Waals surface area contributed by atoms with Gasteiger partial charge in [-0.1, -0.05) is 12.1 Å². The summed E-state index contributed by atoms with van der Waals surface area (Å²) < 4.78 is 5.06. The van der Waals surface area contributed by atoms with E-state index in [4.69, 9.17) is 9.84 Å². The topological polar surface area (TPSA) is 46.5 Å². The van der Waals surface area contributed by atoms with E-state index in [1.165, 1.54) is 0 Å². The molecule has 0 aliphatic carbocycles. The molecule has 0 aromatic heterocycles. The fourth-order valence-electron chi connectivity index (χ4n) is 1.16. The summed E-state index contributed by atoms with van der Waals surface area (Å²) >= 11 is 0. The van der Waals surface area contributed by atoms with Crippen molar-refractivity contribution in [2.75, 3.05) is 7.11 Å². The van der Waals surface area contributed by atoms with Crippen LogP contribution in [0.2, 0.25) is 0 Å². The number of hydrogen-bond donors (Lipinski definition) is 1. The van der Waals surface area contributed by atoms with Gasteiger partial charge < -0.3 is 9.84 Å². The molecule has 0 aliphatic rings. The van der Waals surface area contributed by atoms with E-state index in [-0.39, 0.29) is 6.42 Å². The van der Waals surface area contributed by atoms with E-state index < -0.39 is 5.97 Å². The van der Waals surface area contributed by atoms with Gasteiger partial charge in [-0.3, -0.25) is 4.79 Å². The quantitative estimate of drug-likeness (QED) is 0.769. The molecular weight excluding hydrogens is 168 g/mol. The zero-order valence-corrected chi connectivity index (χ0v) is 7.70. The smallest absolute Gasteiger partial charge is 0.307 e. The van der Waals surface area contributed by atoms with Crippen molar-refractivity contribution in [1.82, 2.24) is 0 Å². The molecule has 0 saturated carbocycles. The van der Waals surface area contributed by atoms with Gasteiger partial charge in [0.15, 0.2) is 0 Å². The van der Waals surface area contributed by atoms with Gasteiger partial charge in [-0.2, -0.15) is 0 Å². The molecule has 0 amide bonds. The van der Waals surface area contributed by atoms with Gasteiger partial charge in [0, 0.05) is 5.56 Å². The minimum Gasteiger partial charge on any atom is -0.496 e. The van der Waals surface area contributed by atoms with Crippen molar-refractivity contribution in [2.45, 2.75) is 13.3 Å². The summed E-state index contributed by atoms with van der Waals surface area (Å²) in [6, 6.07) is 5.49. The number of carbonyl (C=O) groups is 1. The fraction of sp³-hybridized carbons (Fsp3) is 0.300. The predicted octanol–water partition coefficient (Wildman–Crippen LogP) is 1.63. The van der Waals surface area contributed by atoms with Crippen LogP contribution in [0.3, 0.4) is 0 Å². The molecule has 3 heteroatoms. The van der Waals surface area contributed by atoms with Crippen LogP contribution >= 0.6 is 0 Å². The normalized spacial score (nSPS) is 9.69. The van der Waals surface area contributed by atoms with E-state index in [1.807, 2.05) is 19.1 Å². The molecule has 1 aromatic carbocycles. The molecule has 0 radical (unpaired) electrons. The van der Waals surface area contributed by atoms with Gasteiger partial charge in [0.25, 0.3) is 0 Å². The lowest BCUT2D eigenvalue weighted by molar-refractivity contribution is -0.136. The number of hydrogen-bond acceptors (Lipinski definition) is 2. The highest BCUT2D eigenvalue weighted by molar-refractivity contribution is 5.71. The lowest BCUT2D eigenvalue weighted by Crippen LogP contribution is -2.02. The second kappa shape index (κ2) is 3.94. The number of methoxy groups -OCH3 is 1. The number of benzene rings is 1. The monoisotopic (exact) mass is 180 g/mol. The summed E-state index contributed by atoms with van der Waals surface area (Å²) in [5.41, 5.74) is 1.77. The molecule has 0 aliphatic heterocycles. The Bertz CT molecular complexity index is 318. The number of aliphatic carboxylic acids is 1. The number of ether oxygens (including phenoxy) is 1. The molecule has 13 heavy (non-hydrogen) atoms. The Kier molecular flexibility index (Phi) is 2.90. The molecule has 0 spiro atoms. The Balaban J connectivity index is 2.99. The molecule has 0 bridgehead atoms. The van der Waals surface area contributed by atoms with Crippen molar-refractivity contribution < 1.29 is 14.6 Å². The predicted molar refractivity (Wildman–Crippen MR) is 49.1 cm³/mol. The average molecular weight is 180 g/mol. The van der Waals surface area contributed by atoms with Gasteiger partial charge in [0.1, 0.15) is 5.75 Å². The van der Waals surface area contributed by atoms with Crippen LogP contribution in [0.15, 0.2) is 18.2 Å². The third-order valence-electron chi connectivity index (χ3n) is 1.78. The molecule has 70 valence electrons. The molecule has 3 nitrogen and oxygen atoms in total. The molecule has 0 heterocycles.